The van der Waals surface area contributed by atoms with Crippen molar-refractivity contribution in [3.8, 4) is 0 Å². The SMILES string of the molecule is CC(C)CC(=O)C1=C(O)C(=O)N(CC2CCCO2)C1c1ccc(F)cc1. The first-order chi connectivity index (χ1) is 12.4. The lowest BCUT2D eigenvalue weighted by molar-refractivity contribution is -0.131. The molecule has 1 N–H and O–H groups in total. The molecule has 0 bridgehead atoms. The van der Waals surface area contributed by atoms with Gasteiger partial charge in [0.15, 0.2) is 11.5 Å². The minimum absolute atomic E-state index is 0.0963. The van der Waals surface area contributed by atoms with Crippen LogP contribution in [-0.4, -0.2) is 41.0 Å². The number of nitrogens with zero attached hydrogens (tertiary/aromatic N) is 1. The lowest BCUT2D eigenvalue weighted by Crippen LogP contribution is -2.37. The summed E-state index contributed by atoms with van der Waals surface area (Å²) in [5, 5.41) is 10.4. The van der Waals surface area contributed by atoms with Crippen molar-refractivity contribution in [2.75, 3.05) is 13.2 Å². The van der Waals surface area contributed by atoms with Gasteiger partial charge in [0.05, 0.1) is 17.7 Å². The highest BCUT2D eigenvalue weighted by Crippen LogP contribution is 2.39. The Kier molecular flexibility index (Phi) is 5.41. The zero-order valence-electron chi connectivity index (χ0n) is 15.1. The quantitative estimate of drug-likeness (QED) is 0.844. The van der Waals surface area contributed by atoms with E-state index in [1.807, 2.05) is 13.8 Å². The number of rotatable bonds is 6. The van der Waals surface area contributed by atoms with Crippen LogP contribution in [0.5, 0.6) is 0 Å². The summed E-state index contributed by atoms with van der Waals surface area (Å²) < 4.78 is 19.0. The van der Waals surface area contributed by atoms with Crippen molar-refractivity contribution in [3.05, 3.63) is 47.0 Å². The average molecular weight is 361 g/mol. The highest BCUT2D eigenvalue weighted by Gasteiger charge is 2.44. The van der Waals surface area contributed by atoms with Crippen LogP contribution in [0.2, 0.25) is 0 Å². The minimum atomic E-state index is -0.710. The van der Waals surface area contributed by atoms with E-state index in [0.717, 1.165) is 12.8 Å². The molecule has 26 heavy (non-hydrogen) atoms. The van der Waals surface area contributed by atoms with E-state index in [4.69, 9.17) is 4.74 Å². The van der Waals surface area contributed by atoms with Crippen LogP contribution in [0.25, 0.3) is 0 Å². The summed E-state index contributed by atoms with van der Waals surface area (Å²) in [6.07, 6.45) is 1.87. The molecule has 5 nitrogen and oxygen atoms in total. The van der Waals surface area contributed by atoms with Crippen LogP contribution in [0, 0.1) is 11.7 Å². The number of aliphatic hydroxyl groups is 1. The lowest BCUT2D eigenvalue weighted by atomic mass is 9.92. The van der Waals surface area contributed by atoms with Gasteiger partial charge >= 0.3 is 0 Å². The molecule has 2 aliphatic heterocycles. The number of halogens is 1. The molecular formula is C20H24FNO4. The predicted molar refractivity (Wildman–Crippen MR) is 93.9 cm³/mol. The van der Waals surface area contributed by atoms with E-state index >= 15 is 0 Å². The number of aliphatic hydroxyl groups excluding tert-OH is 1. The van der Waals surface area contributed by atoms with Crippen molar-refractivity contribution in [2.24, 2.45) is 5.92 Å². The molecule has 3 rings (SSSR count). The van der Waals surface area contributed by atoms with Crippen LogP contribution in [0.4, 0.5) is 4.39 Å². The van der Waals surface area contributed by atoms with Crippen LogP contribution < -0.4 is 0 Å². The fraction of sp³-hybridized carbons (Fsp3) is 0.500. The second-order valence-corrected chi connectivity index (χ2v) is 7.33. The third kappa shape index (κ3) is 3.65. The summed E-state index contributed by atoms with van der Waals surface area (Å²) in [6, 6.07) is 4.99. The average Bonchev–Trinajstić information content (AvgIpc) is 3.17. The fourth-order valence-electron chi connectivity index (χ4n) is 3.61. The number of hydrogen-bond acceptors (Lipinski definition) is 4. The highest BCUT2D eigenvalue weighted by atomic mass is 19.1. The molecule has 1 amide bonds. The second-order valence-electron chi connectivity index (χ2n) is 7.33. The number of ketones is 1. The topological polar surface area (TPSA) is 66.8 Å². The smallest absolute Gasteiger partial charge is 0.290 e. The van der Waals surface area contributed by atoms with Crippen molar-refractivity contribution in [2.45, 2.75) is 45.3 Å². The zero-order valence-corrected chi connectivity index (χ0v) is 15.1. The molecule has 2 heterocycles. The number of hydrogen-bond donors (Lipinski definition) is 1. The molecule has 1 saturated heterocycles. The maximum atomic E-state index is 13.4. The van der Waals surface area contributed by atoms with Gasteiger partial charge < -0.3 is 14.7 Å². The molecule has 6 heteroatoms. The summed E-state index contributed by atoms with van der Waals surface area (Å²) in [5.74, 6) is -1.62. The Morgan fingerprint density at radius 3 is 2.62 bits per heavy atom. The van der Waals surface area contributed by atoms with E-state index < -0.39 is 23.5 Å². The van der Waals surface area contributed by atoms with E-state index in [2.05, 4.69) is 0 Å². The van der Waals surface area contributed by atoms with Gasteiger partial charge in [-0.1, -0.05) is 26.0 Å². The number of Topliss-reactive ketones (excluding diaryl/α,β-unsaturated/α-hetero) is 1. The Balaban J connectivity index is 1.97. The normalized spacial score (nSPS) is 23.4. The molecule has 1 aromatic rings. The molecule has 0 spiro atoms. The third-order valence-electron chi connectivity index (χ3n) is 4.81. The van der Waals surface area contributed by atoms with Crippen molar-refractivity contribution in [1.29, 1.82) is 0 Å². The number of carbonyl (C=O) groups is 2. The lowest BCUT2D eigenvalue weighted by Gasteiger charge is -2.29. The molecule has 2 atom stereocenters. The van der Waals surface area contributed by atoms with Gasteiger partial charge in [0.25, 0.3) is 5.91 Å². The fourth-order valence-corrected chi connectivity index (χ4v) is 3.61. The molecule has 140 valence electrons. The van der Waals surface area contributed by atoms with Gasteiger partial charge in [-0.3, -0.25) is 9.59 Å². The van der Waals surface area contributed by atoms with Crippen LogP contribution in [0.15, 0.2) is 35.6 Å². The van der Waals surface area contributed by atoms with Crippen molar-refractivity contribution < 1.29 is 23.8 Å². The molecule has 1 aromatic carbocycles. The van der Waals surface area contributed by atoms with Crippen molar-refractivity contribution >= 4 is 11.7 Å². The van der Waals surface area contributed by atoms with Crippen molar-refractivity contribution in [3.63, 3.8) is 0 Å². The van der Waals surface area contributed by atoms with Crippen molar-refractivity contribution in [1.82, 2.24) is 4.90 Å². The highest BCUT2D eigenvalue weighted by molar-refractivity contribution is 6.09. The van der Waals surface area contributed by atoms with E-state index in [1.165, 1.54) is 17.0 Å². The standard InChI is InChI=1S/C20H24FNO4/c1-12(2)10-16(23)17-18(13-5-7-14(21)8-6-13)22(20(25)19(17)24)11-15-4-3-9-26-15/h5-8,12,15,18,24H,3-4,9-11H2,1-2H3. The summed E-state index contributed by atoms with van der Waals surface area (Å²) in [7, 11) is 0. The summed E-state index contributed by atoms with van der Waals surface area (Å²) in [5.41, 5.74) is 0.710. The number of ether oxygens (including phenoxy) is 1. The number of benzene rings is 1. The zero-order chi connectivity index (χ0) is 18.8. The summed E-state index contributed by atoms with van der Waals surface area (Å²) in [4.78, 5) is 26.9. The van der Waals surface area contributed by atoms with Crippen LogP contribution in [0.1, 0.15) is 44.7 Å². The first kappa shape index (κ1) is 18.6. The van der Waals surface area contributed by atoms with Gasteiger partial charge in [-0.15, -0.1) is 0 Å². The van der Waals surface area contributed by atoms with Crippen LogP contribution in [-0.2, 0) is 14.3 Å². The molecule has 2 unspecified atom stereocenters. The molecular weight excluding hydrogens is 337 g/mol. The Hall–Kier alpha value is -2.21. The predicted octanol–water partition coefficient (Wildman–Crippen LogP) is 3.32. The van der Waals surface area contributed by atoms with Gasteiger partial charge in [-0.2, -0.15) is 0 Å². The maximum absolute atomic E-state index is 13.4. The van der Waals surface area contributed by atoms with Gasteiger partial charge in [0, 0.05) is 19.6 Å². The first-order valence-electron chi connectivity index (χ1n) is 9.02. The minimum Gasteiger partial charge on any atom is -0.503 e. The monoisotopic (exact) mass is 361 g/mol. The maximum Gasteiger partial charge on any atom is 0.290 e. The van der Waals surface area contributed by atoms with Gasteiger partial charge in [0.1, 0.15) is 5.82 Å². The molecule has 0 saturated carbocycles. The largest absolute Gasteiger partial charge is 0.503 e. The van der Waals surface area contributed by atoms with Gasteiger partial charge in [0.2, 0.25) is 0 Å². The molecule has 0 aliphatic carbocycles. The Labute approximate surface area is 152 Å². The number of carbonyl (C=O) groups excluding carboxylic acids is 2. The second kappa shape index (κ2) is 7.58. The summed E-state index contributed by atoms with van der Waals surface area (Å²) >= 11 is 0. The Morgan fingerprint density at radius 1 is 1.35 bits per heavy atom. The third-order valence-corrected chi connectivity index (χ3v) is 4.81. The van der Waals surface area contributed by atoms with E-state index in [1.54, 1.807) is 12.1 Å². The first-order valence-corrected chi connectivity index (χ1v) is 9.02. The van der Waals surface area contributed by atoms with Gasteiger partial charge in [-0.25, -0.2) is 4.39 Å². The Morgan fingerprint density at radius 2 is 2.04 bits per heavy atom. The van der Waals surface area contributed by atoms with E-state index in [-0.39, 0.29) is 29.8 Å². The molecule has 1 fully saturated rings. The molecule has 0 radical (unpaired) electrons. The molecule has 2 aliphatic rings. The summed E-state index contributed by atoms with van der Waals surface area (Å²) in [6.45, 7) is 4.75. The van der Waals surface area contributed by atoms with E-state index in [9.17, 15) is 19.1 Å². The number of amides is 1. The molecule has 0 aromatic heterocycles. The van der Waals surface area contributed by atoms with Crippen LogP contribution in [0.3, 0.4) is 0 Å². The Bertz CT molecular complexity index is 720. The van der Waals surface area contributed by atoms with E-state index in [0.29, 0.717) is 18.7 Å². The van der Waals surface area contributed by atoms with Gasteiger partial charge in [-0.05, 0) is 36.5 Å². The van der Waals surface area contributed by atoms with Crippen LogP contribution >= 0.6 is 0 Å².